The van der Waals surface area contributed by atoms with Crippen molar-refractivity contribution in [2.24, 2.45) is 5.92 Å². The first kappa shape index (κ1) is 13.5. The van der Waals surface area contributed by atoms with Gasteiger partial charge < -0.3 is 4.90 Å². The number of rotatable bonds is 4. The molecule has 1 aliphatic carbocycles. The lowest BCUT2D eigenvalue weighted by Crippen LogP contribution is -2.47. The Bertz CT molecular complexity index is 440. The molecule has 0 radical (unpaired) electrons. The van der Waals surface area contributed by atoms with Gasteiger partial charge in [-0.25, -0.2) is 4.98 Å². The molecule has 2 heterocycles. The van der Waals surface area contributed by atoms with Crippen LogP contribution in [0.4, 0.5) is 5.82 Å². The summed E-state index contributed by atoms with van der Waals surface area (Å²) in [6.07, 6.45) is 2.86. The Morgan fingerprint density at radius 1 is 1.16 bits per heavy atom. The minimum atomic E-state index is 0.369. The van der Waals surface area contributed by atoms with Gasteiger partial charge >= 0.3 is 0 Å². The summed E-state index contributed by atoms with van der Waals surface area (Å²) < 4.78 is 0. The van der Waals surface area contributed by atoms with Crippen LogP contribution < -0.4 is 4.90 Å². The smallest absolute Gasteiger partial charge is 0.129 e. The predicted octanol–water partition coefficient (Wildman–Crippen LogP) is 3.01. The minimum absolute atomic E-state index is 0.369. The Labute approximate surface area is 124 Å². The van der Waals surface area contributed by atoms with Crippen molar-refractivity contribution < 1.29 is 0 Å². The molecule has 3 rings (SSSR count). The third kappa shape index (κ3) is 3.33. The fourth-order valence-electron chi connectivity index (χ4n) is 2.57. The largest absolute Gasteiger partial charge is 0.354 e. The SMILES string of the molecule is ClCc1nc(N2CCN(CC3CC3)CC2)ccc1Cl. The third-order valence-corrected chi connectivity index (χ3v) is 4.54. The van der Waals surface area contributed by atoms with Gasteiger partial charge in [-0.15, -0.1) is 11.6 Å². The average molecular weight is 300 g/mol. The van der Waals surface area contributed by atoms with Crippen LogP contribution in [-0.4, -0.2) is 42.6 Å². The highest BCUT2D eigenvalue weighted by Crippen LogP contribution is 2.30. The number of anilines is 1. The van der Waals surface area contributed by atoms with Crippen molar-refractivity contribution in [1.29, 1.82) is 0 Å². The Morgan fingerprint density at radius 2 is 1.89 bits per heavy atom. The first-order valence-electron chi connectivity index (χ1n) is 6.95. The van der Waals surface area contributed by atoms with Crippen LogP contribution in [0, 0.1) is 5.92 Å². The molecule has 104 valence electrons. The number of halogens is 2. The molecular formula is C14H19Cl2N3. The Morgan fingerprint density at radius 3 is 2.53 bits per heavy atom. The molecule has 3 nitrogen and oxygen atoms in total. The first-order chi connectivity index (χ1) is 9.26. The molecule has 0 unspecified atom stereocenters. The minimum Gasteiger partial charge on any atom is -0.354 e. The molecule has 1 aliphatic heterocycles. The van der Waals surface area contributed by atoms with Gasteiger partial charge in [-0.1, -0.05) is 11.6 Å². The molecule has 1 saturated heterocycles. The topological polar surface area (TPSA) is 19.4 Å². The standard InChI is InChI=1S/C14H19Cl2N3/c15-9-13-12(16)3-4-14(17-13)19-7-5-18(6-8-19)10-11-1-2-11/h3-4,11H,1-2,5-10H2. The number of pyridine rings is 1. The van der Waals surface area contributed by atoms with Crippen LogP contribution in [0.15, 0.2) is 12.1 Å². The van der Waals surface area contributed by atoms with Gasteiger partial charge in [0, 0.05) is 32.7 Å². The van der Waals surface area contributed by atoms with Gasteiger partial charge in [0.05, 0.1) is 16.6 Å². The van der Waals surface area contributed by atoms with Crippen LogP contribution in [-0.2, 0) is 5.88 Å². The van der Waals surface area contributed by atoms with E-state index in [9.17, 15) is 0 Å². The Balaban J connectivity index is 1.60. The highest BCUT2D eigenvalue weighted by Gasteiger charge is 2.26. The van der Waals surface area contributed by atoms with Crippen LogP contribution in [0.25, 0.3) is 0 Å². The Kier molecular flexibility index (Phi) is 4.15. The number of piperazine rings is 1. The van der Waals surface area contributed by atoms with Crippen molar-refractivity contribution in [3.8, 4) is 0 Å². The quantitative estimate of drug-likeness (QED) is 0.797. The first-order valence-corrected chi connectivity index (χ1v) is 7.86. The van der Waals surface area contributed by atoms with Crippen molar-refractivity contribution in [1.82, 2.24) is 9.88 Å². The highest BCUT2D eigenvalue weighted by atomic mass is 35.5. The number of hydrogen-bond donors (Lipinski definition) is 0. The molecule has 1 aromatic heterocycles. The van der Waals surface area contributed by atoms with E-state index in [2.05, 4.69) is 14.8 Å². The van der Waals surface area contributed by atoms with Crippen molar-refractivity contribution >= 4 is 29.0 Å². The maximum Gasteiger partial charge on any atom is 0.129 e. The molecule has 0 spiro atoms. The van der Waals surface area contributed by atoms with Gasteiger partial charge in [0.1, 0.15) is 5.82 Å². The second-order valence-corrected chi connectivity index (χ2v) is 6.14. The monoisotopic (exact) mass is 299 g/mol. The zero-order chi connectivity index (χ0) is 13.2. The number of alkyl halides is 1. The zero-order valence-electron chi connectivity index (χ0n) is 11.0. The molecule has 0 amide bonds. The second-order valence-electron chi connectivity index (χ2n) is 5.46. The fraction of sp³-hybridized carbons (Fsp3) is 0.643. The molecular weight excluding hydrogens is 281 g/mol. The molecule has 2 fully saturated rings. The van der Waals surface area contributed by atoms with Gasteiger partial charge in [-0.2, -0.15) is 0 Å². The summed E-state index contributed by atoms with van der Waals surface area (Å²) in [7, 11) is 0. The van der Waals surface area contributed by atoms with E-state index in [0.29, 0.717) is 10.9 Å². The van der Waals surface area contributed by atoms with Crippen LogP contribution in [0.5, 0.6) is 0 Å². The van der Waals surface area contributed by atoms with E-state index < -0.39 is 0 Å². The zero-order valence-corrected chi connectivity index (χ0v) is 12.5. The predicted molar refractivity (Wildman–Crippen MR) is 80.2 cm³/mol. The third-order valence-electron chi connectivity index (χ3n) is 3.94. The van der Waals surface area contributed by atoms with Crippen molar-refractivity contribution in [3.05, 3.63) is 22.8 Å². The van der Waals surface area contributed by atoms with Gasteiger partial charge in [0.2, 0.25) is 0 Å². The van der Waals surface area contributed by atoms with Crippen LogP contribution in [0.2, 0.25) is 5.02 Å². The van der Waals surface area contributed by atoms with Crippen LogP contribution in [0.1, 0.15) is 18.5 Å². The lowest BCUT2D eigenvalue weighted by atomic mass is 10.2. The van der Waals surface area contributed by atoms with Crippen LogP contribution >= 0.6 is 23.2 Å². The molecule has 0 atom stereocenters. The molecule has 1 aromatic rings. The molecule has 1 saturated carbocycles. The maximum atomic E-state index is 6.05. The summed E-state index contributed by atoms with van der Waals surface area (Å²) >= 11 is 11.9. The van der Waals surface area contributed by atoms with E-state index in [1.165, 1.54) is 19.4 Å². The lowest BCUT2D eigenvalue weighted by Gasteiger charge is -2.35. The maximum absolute atomic E-state index is 6.05. The molecule has 19 heavy (non-hydrogen) atoms. The number of aromatic nitrogens is 1. The van der Waals surface area contributed by atoms with Gasteiger partial charge in [0.25, 0.3) is 0 Å². The van der Waals surface area contributed by atoms with Gasteiger partial charge in [-0.3, -0.25) is 4.90 Å². The summed E-state index contributed by atoms with van der Waals surface area (Å²) in [5, 5.41) is 0.658. The van der Waals surface area contributed by atoms with E-state index in [1.54, 1.807) is 0 Å². The fourth-order valence-corrected chi connectivity index (χ4v) is 3.01. The summed E-state index contributed by atoms with van der Waals surface area (Å²) in [6.45, 7) is 5.65. The van der Waals surface area contributed by atoms with Crippen molar-refractivity contribution in [3.63, 3.8) is 0 Å². The van der Waals surface area contributed by atoms with Gasteiger partial charge in [-0.05, 0) is 30.9 Å². The molecule has 0 N–H and O–H groups in total. The highest BCUT2D eigenvalue weighted by molar-refractivity contribution is 6.32. The molecule has 0 bridgehead atoms. The molecule has 5 heteroatoms. The number of hydrogen-bond acceptors (Lipinski definition) is 3. The van der Waals surface area contributed by atoms with E-state index in [4.69, 9.17) is 23.2 Å². The normalized spacial score (nSPS) is 20.8. The lowest BCUT2D eigenvalue weighted by molar-refractivity contribution is 0.247. The summed E-state index contributed by atoms with van der Waals surface area (Å²) in [4.78, 5) is 9.46. The summed E-state index contributed by atoms with van der Waals surface area (Å²) in [5.41, 5.74) is 0.779. The Hall–Kier alpha value is -0.510. The second kappa shape index (κ2) is 5.86. The van der Waals surface area contributed by atoms with Crippen LogP contribution in [0.3, 0.4) is 0 Å². The van der Waals surface area contributed by atoms with Crippen molar-refractivity contribution in [2.75, 3.05) is 37.6 Å². The molecule has 2 aliphatic rings. The summed E-state index contributed by atoms with van der Waals surface area (Å²) in [5.74, 6) is 2.35. The van der Waals surface area contributed by atoms with E-state index in [1.807, 2.05) is 12.1 Å². The molecule has 0 aromatic carbocycles. The van der Waals surface area contributed by atoms with E-state index >= 15 is 0 Å². The van der Waals surface area contributed by atoms with Gasteiger partial charge in [0.15, 0.2) is 0 Å². The summed E-state index contributed by atoms with van der Waals surface area (Å²) in [6, 6.07) is 3.90. The van der Waals surface area contributed by atoms with Crippen molar-refractivity contribution in [2.45, 2.75) is 18.7 Å². The average Bonchev–Trinajstić information content (AvgIpc) is 3.24. The van der Waals surface area contributed by atoms with E-state index in [-0.39, 0.29) is 0 Å². The van der Waals surface area contributed by atoms with E-state index in [0.717, 1.165) is 43.6 Å². The number of nitrogens with zero attached hydrogens (tertiary/aromatic N) is 3.